The third-order valence-corrected chi connectivity index (χ3v) is 5.61. The molecule has 1 aromatic rings. The highest BCUT2D eigenvalue weighted by Crippen LogP contribution is 2.39. The lowest BCUT2D eigenvalue weighted by Crippen LogP contribution is -2.32. The van der Waals surface area contributed by atoms with Crippen LogP contribution in [0.2, 0.25) is 0 Å². The number of hydrogen-bond acceptors (Lipinski definition) is 4. The minimum absolute atomic E-state index is 0.106. The zero-order valence-corrected chi connectivity index (χ0v) is 12.2. The number of sulfonamides is 1. The van der Waals surface area contributed by atoms with Gasteiger partial charge in [-0.05, 0) is 25.0 Å². The Bertz CT molecular complexity index is 718. The molecule has 21 heavy (non-hydrogen) atoms. The molecule has 1 saturated carbocycles. The van der Waals surface area contributed by atoms with E-state index in [1.165, 1.54) is 6.07 Å². The minimum Gasteiger partial charge on any atom is -0.481 e. The molecule has 112 valence electrons. The molecule has 7 heteroatoms. The summed E-state index contributed by atoms with van der Waals surface area (Å²) in [7, 11) is -3.57. The van der Waals surface area contributed by atoms with E-state index in [4.69, 9.17) is 0 Å². The summed E-state index contributed by atoms with van der Waals surface area (Å²) in [5.74, 6) is -0.600. The molecule has 0 amide bonds. The molecule has 0 unspecified atom stereocenters. The first-order chi connectivity index (χ1) is 9.95. The molecular weight excluding hydrogens is 292 g/mol. The third-order valence-electron chi connectivity index (χ3n) is 4.22. The predicted octanol–water partition coefficient (Wildman–Crippen LogP) is 1.37. The van der Waals surface area contributed by atoms with Gasteiger partial charge in [-0.3, -0.25) is 14.5 Å². The lowest BCUT2D eigenvalue weighted by atomic mass is 9.86. The Morgan fingerprint density at radius 3 is 2.62 bits per heavy atom. The van der Waals surface area contributed by atoms with Gasteiger partial charge < -0.3 is 5.11 Å². The Morgan fingerprint density at radius 2 is 1.95 bits per heavy atom. The van der Waals surface area contributed by atoms with Crippen LogP contribution in [0.1, 0.15) is 31.2 Å². The molecule has 0 spiro atoms. The van der Waals surface area contributed by atoms with Crippen molar-refractivity contribution >= 4 is 21.8 Å². The smallest absolute Gasteiger partial charge is 0.311 e. The second kappa shape index (κ2) is 4.84. The molecule has 1 aromatic carbocycles. The van der Waals surface area contributed by atoms with Crippen molar-refractivity contribution in [3.8, 4) is 0 Å². The average molecular weight is 308 g/mol. The van der Waals surface area contributed by atoms with Crippen LogP contribution in [-0.2, 0) is 14.8 Å². The number of carboxylic acids is 1. The zero-order valence-electron chi connectivity index (χ0n) is 11.4. The van der Waals surface area contributed by atoms with Gasteiger partial charge in [0.05, 0.1) is 16.9 Å². The summed E-state index contributed by atoms with van der Waals surface area (Å²) < 4.78 is 26.3. The molecule has 0 saturated heterocycles. The van der Waals surface area contributed by atoms with Gasteiger partial charge in [0.2, 0.25) is 0 Å². The quantitative estimate of drug-likeness (QED) is 0.881. The molecule has 1 heterocycles. The maximum Gasteiger partial charge on any atom is 0.311 e. The van der Waals surface area contributed by atoms with Crippen LogP contribution < -0.4 is 4.72 Å². The number of aliphatic imine (C=N–C) groups is 1. The molecule has 2 aliphatic rings. The van der Waals surface area contributed by atoms with E-state index in [1.807, 2.05) is 0 Å². The lowest BCUT2D eigenvalue weighted by Gasteiger charge is -2.21. The fourth-order valence-corrected chi connectivity index (χ4v) is 4.22. The number of carbonyl (C=O) groups is 1. The highest BCUT2D eigenvalue weighted by molar-refractivity contribution is 7.90. The van der Waals surface area contributed by atoms with E-state index in [9.17, 15) is 18.3 Å². The largest absolute Gasteiger partial charge is 0.481 e. The van der Waals surface area contributed by atoms with Crippen LogP contribution in [0.15, 0.2) is 34.2 Å². The monoisotopic (exact) mass is 308 g/mol. The number of nitrogens with one attached hydrogen (secondary N) is 1. The van der Waals surface area contributed by atoms with Crippen molar-refractivity contribution in [3.05, 3.63) is 29.8 Å². The normalized spacial score (nSPS) is 23.7. The Hall–Kier alpha value is -1.89. The number of benzene rings is 1. The van der Waals surface area contributed by atoms with Crippen molar-refractivity contribution in [2.75, 3.05) is 6.54 Å². The van der Waals surface area contributed by atoms with E-state index < -0.39 is 21.4 Å². The first kappa shape index (κ1) is 14.1. The van der Waals surface area contributed by atoms with Crippen LogP contribution in [0.5, 0.6) is 0 Å². The number of amidine groups is 1. The van der Waals surface area contributed by atoms with E-state index in [0.29, 0.717) is 18.4 Å². The lowest BCUT2D eigenvalue weighted by molar-refractivity contribution is -0.147. The molecule has 1 aliphatic heterocycles. The zero-order chi connectivity index (χ0) is 15.1. The molecule has 0 atom stereocenters. The number of fused-ring (bicyclic) bond motifs is 1. The minimum atomic E-state index is -3.57. The topological polar surface area (TPSA) is 95.8 Å². The van der Waals surface area contributed by atoms with Crippen molar-refractivity contribution in [1.82, 2.24) is 4.72 Å². The average Bonchev–Trinajstić information content (AvgIpc) is 3.02. The van der Waals surface area contributed by atoms with Gasteiger partial charge in [-0.1, -0.05) is 25.0 Å². The summed E-state index contributed by atoms with van der Waals surface area (Å²) >= 11 is 0. The van der Waals surface area contributed by atoms with Crippen molar-refractivity contribution < 1.29 is 18.3 Å². The first-order valence-corrected chi connectivity index (χ1v) is 8.33. The van der Waals surface area contributed by atoms with Crippen LogP contribution >= 0.6 is 0 Å². The van der Waals surface area contributed by atoms with E-state index >= 15 is 0 Å². The van der Waals surface area contributed by atoms with Gasteiger partial charge in [-0.25, -0.2) is 8.42 Å². The van der Waals surface area contributed by atoms with Gasteiger partial charge in [0.25, 0.3) is 10.0 Å². The van der Waals surface area contributed by atoms with Crippen LogP contribution in [0, 0.1) is 5.41 Å². The van der Waals surface area contributed by atoms with Gasteiger partial charge >= 0.3 is 5.97 Å². The number of rotatable bonds is 3. The molecule has 2 N–H and O–H groups in total. The Morgan fingerprint density at radius 1 is 1.29 bits per heavy atom. The number of nitrogens with zero attached hydrogens (tertiary/aromatic N) is 1. The molecule has 3 rings (SSSR count). The second-order valence-corrected chi connectivity index (χ2v) is 7.21. The van der Waals surface area contributed by atoms with Crippen molar-refractivity contribution in [3.63, 3.8) is 0 Å². The SMILES string of the molecule is O=C(O)C1(CN=C2NS(=O)(=O)c3ccccc32)CCCC1. The van der Waals surface area contributed by atoms with Gasteiger partial charge in [0.1, 0.15) is 5.84 Å². The molecule has 0 aromatic heterocycles. The Kier molecular flexibility index (Phi) is 3.24. The summed E-state index contributed by atoms with van der Waals surface area (Å²) in [5, 5.41) is 9.43. The third kappa shape index (κ3) is 2.31. The van der Waals surface area contributed by atoms with E-state index in [-0.39, 0.29) is 17.3 Å². The van der Waals surface area contributed by atoms with E-state index in [1.54, 1.807) is 18.2 Å². The summed E-state index contributed by atoms with van der Waals surface area (Å²) in [5.41, 5.74) is -0.341. The summed E-state index contributed by atoms with van der Waals surface area (Å²) in [6, 6.07) is 6.58. The van der Waals surface area contributed by atoms with Gasteiger partial charge in [0, 0.05) is 5.56 Å². The van der Waals surface area contributed by atoms with Gasteiger partial charge in [-0.2, -0.15) is 0 Å². The number of hydrogen-bond donors (Lipinski definition) is 2. The van der Waals surface area contributed by atoms with E-state index in [0.717, 1.165) is 12.8 Å². The van der Waals surface area contributed by atoms with Crippen molar-refractivity contribution in [2.45, 2.75) is 30.6 Å². The van der Waals surface area contributed by atoms with E-state index in [2.05, 4.69) is 9.71 Å². The van der Waals surface area contributed by atoms with Crippen molar-refractivity contribution in [1.29, 1.82) is 0 Å². The van der Waals surface area contributed by atoms with Crippen LogP contribution in [0.3, 0.4) is 0 Å². The molecule has 1 fully saturated rings. The number of aliphatic carboxylic acids is 1. The Labute approximate surface area is 123 Å². The first-order valence-electron chi connectivity index (χ1n) is 6.85. The number of carboxylic acid groups (broad SMARTS) is 1. The summed E-state index contributed by atoms with van der Waals surface area (Å²) in [4.78, 5) is 16.0. The molecule has 0 bridgehead atoms. The summed E-state index contributed by atoms with van der Waals surface area (Å²) in [6.07, 6.45) is 2.93. The Balaban J connectivity index is 1.94. The van der Waals surface area contributed by atoms with Crippen LogP contribution in [0.25, 0.3) is 0 Å². The molecular formula is C14H16N2O4S. The van der Waals surface area contributed by atoms with Crippen molar-refractivity contribution in [2.24, 2.45) is 10.4 Å². The highest BCUT2D eigenvalue weighted by Gasteiger charge is 2.41. The molecule has 0 radical (unpaired) electrons. The fraction of sp³-hybridized carbons (Fsp3) is 0.429. The van der Waals surface area contributed by atoms with Crippen LogP contribution in [0.4, 0.5) is 0 Å². The van der Waals surface area contributed by atoms with Crippen LogP contribution in [-0.4, -0.2) is 31.9 Å². The maximum absolute atomic E-state index is 12.0. The standard InChI is InChI=1S/C14H16N2O4S/c17-13(18)14(7-3-4-8-14)9-15-12-10-5-1-2-6-11(10)21(19,20)16-12/h1-2,5-6H,3-4,7-9H2,(H,15,16)(H,17,18). The fourth-order valence-electron chi connectivity index (χ4n) is 2.97. The molecule has 6 nitrogen and oxygen atoms in total. The predicted molar refractivity (Wildman–Crippen MR) is 76.7 cm³/mol. The van der Waals surface area contributed by atoms with Gasteiger partial charge in [0.15, 0.2) is 0 Å². The highest BCUT2D eigenvalue weighted by atomic mass is 32.2. The molecule has 1 aliphatic carbocycles. The van der Waals surface area contributed by atoms with Gasteiger partial charge in [-0.15, -0.1) is 0 Å². The summed E-state index contributed by atoms with van der Waals surface area (Å²) in [6.45, 7) is 0.106. The maximum atomic E-state index is 12.0. The second-order valence-electron chi connectivity index (χ2n) is 5.56.